The monoisotopic (exact) mass is 194 g/mol. The molecule has 0 radical (unpaired) electrons. The zero-order valence-corrected chi connectivity index (χ0v) is 7.58. The molecule has 0 atom stereocenters. The lowest BCUT2D eigenvalue weighted by Crippen LogP contribution is -1.85. The van der Waals surface area contributed by atoms with Gasteiger partial charge in [0.05, 0.1) is 15.6 Å². The van der Waals surface area contributed by atoms with Crippen molar-refractivity contribution in [2.24, 2.45) is 0 Å². The summed E-state index contributed by atoms with van der Waals surface area (Å²) in [4.78, 5) is 0. The maximum Gasteiger partial charge on any atom is 0.0761 e. The Balaban J connectivity index is 3.52. The van der Waals surface area contributed by atoms with Crippen LogP contribution in [0.25, 0.3) is 0 Å². The van der Waals surface area contributed by atoms with Gasteiger partial charge in [-0.05, 0) is 12.1 Å². The Kier molecular flexibility index (Phi) is 2.66. The van der Waals surface area contributed by atoms with Crippen LogP contribution in [0.3, 0.4) is 0 Å². The fourth-order valence-corrected chi connectivity index (χ4v) is 1.19. The molecule has 0 amide bonds. The van der Waals surface area contributed by atoms with Gasteiger partial charge in [0.15, 0.2) is 0 Å². The van der Waals surface area contributed by atoms with E-state index in [1.807, 2.05) is 0 Å². The number of hydrogen-bond acceptors (Lipinski definition) is 0. The van der Waals surface area contributed by atoms with Gasteiger partial charge in [-0.1, -0.05) is 35.0 Å². The number of hydrogen-bond donors (Lipinski definition) is 0. The minimum atomic E-state index is 0.342. The normalized spacial score (nSPS) is 8.67. The number of halogens is 2. The van der Waals surface area contributed by atoms with Crippen molar-refractivity contribution in [1.29, 1.82) is 0 Å². The predicted molar refractivity (Wildman–Crippen MR) is 52.3 cm³/mol. The SMILES string of the molecule is C#Cc1ccc(Cl)c(Cl)c1C#C. The van der Waals surface area contributed by atoms with Gasteiger partial charge in [0.2, 0.25) is 0 Å². The second-order valence-corrected chi connectivity index (χ2v) is 2.86. The highest BCUT2D eigenvalue weighted by Crippen LogP contribution is 2.27. The van der Waals surface area contributed by atoms with E-state index < -0.39 is 0 Å². The summed E-state index contributed by atoms with van der Waals surface area (Å²) in [5, 5.41) is 0.762. The summed E-state index contributed by atoms with van der Waals surface area (Å²) in [7, 11) is 0. The molecular formula is C10H4Cl2. The van der Waals surface area contributed by atoms with Crippen LogP contribution in [0.15, 0.2) is 12.1 Å². The standard InChI is InChI=1S/C10H4Cl2/c1-3-7-5-6-9(11)10(12)8(7)4-2/h1-2,5-6H. The first-order chi connectivity index (χ1) is 5.70. The lowest BCUT2D eigenvalue weighted by Gasteiger charge is -2.01. The molecule has 0 aliphatic carbocycles. The van der Waals surface area contributed by atoms with Crippen LogP contribution in [0.5, 0.6) is 0 Å². The van der Waals surface area contributed by atoms with Gasteiger partial charge in [-0.2, -0.15) is 0 Å². The first-order valence-electron chi connectivity index (χ1n) is 3.12. The van der Waals surface area contributed by atoms with Crippen molar-refractivity contribution >= 4 is 23.2 Å². The minimum absolute atomic E-state index is 0.342. The van der Waals surface area contributed by atoms with Crippen LogP contribution in [-0.2, 0) is 0 Å². The molecule has 58 valence electrons. The van der Waals surface area contributed by atoms with Gasteiger partial charge in [0.1, 0.15) is 0 Å². The Bertz CT molecular complexity index is 392. The molecule has 12 heavy (non-hydrogen) atoms. The molecule has 0 bridgehead atoms. The third kappa shape index (κ3) is 1.41. The quantitative estimate of drug-likeness (QED) is 0.558. The van der Waals surface area contributed by atoms with E-state index in [0.717, 1.165) is 0 Å². The highest BCUT2D eigenvalue weighted by atomic mass is 35.5. The number of benzene rings is 1. The van der Waals surface area contributed by atoms with Crippen LogP contribution in [0.1, 0.15) is 11.1 Å². The first kappa shape index (κ1) is 9.01. The van der Waals surface area contributed by atoms with Crippen LogP contribution >= 0.6 is 23.2 Å². The molecule has 0 nitrogen and oxygen atoms in total. The van der Waals surface area contributed by atoms with Gasteiger partial charge in [-0.25, -0.2) is 0 Å². The summed E-state index contributed by atoms with van der Waals surface area (Å²) in [6.07, 6.45) is 10.4. The average Bonchev–Trinajstić information content (AvgIpc) is 2.09. The van der Waals surface area contributed by atoms with Crippen LogP contribution in [0.2, 0.25) is 10.0 Å². The van der Waals surface area contributed by atoms with Crippen molar-refractivity contribution in [2.45, 2.75) is 0 Å². The third-order valence-corrected chi connectivity index (χ3v) is 2.20. The molecular weight excluding hydrogens is 191 g/mol. The molecule has 0 saturated carbocycles. The summed E-state index contributed by atoms with van der Waals surface area (Å²) in [5.74, 6) is 4.83. The van der Waals surface area contributed by atoms with Crippen molar-refractivity contribution in [3.63, 3.8) is 0 Å². The Labute approximate surface area is 81.5 Å². The van der Waals surface area contributed by atoms with Gasteiger partial charge in [-0.3, -0.25) is 0 Å². The van der Waals surface area contributed by atoms with Gasteiger partial charge >= 0.3 is 0 Å². The Morgan fingerprint density at radius 1 is 1.08 bits per heavy atom. The molecule has 1 rings (SSSR count). The van der Waals surface area contributed by atoms with Crippen molar-refractivity contribution in [1.82, 2.24) is 0 Å². The molecule has 0 unspecified atom stereocenters. The minimum Gasteiger partial charge on any atom is -0.115 e. The second kappa shape index (κ2) is 3.55. The third-order valence-electron chi connectivity index (χ3n) is 1.39. The van der Waals surface area contributed by atoms with Crippen LogP contribution < -0.4 is 0 Å². The zero-order chi connectivity index (χ0) is 9.14. The first-order valence-corrected chi connectivity index (χ1v) is 3.87. The highest BCUT2D eigenvalue weighted by molar-refractivity contribution is 6.42. The summed E-state index contributed by atoms with van der Waals surface area (Å²) in [6.45, 7) is 0. The Hall–Kier alpha value is -1.08. The van der Waals surface area contributed by atoms with Gasteiger partial charge in [0.25, 0.3) is 0 Å². The smallest absolute Gasteiger partial charge is 0.0761 e. The molecule has 0 aliphatic rings. The highest BCUT2D eigenvalue weighted by Gasteiger charge is 2.06. The van der Waals surface area contributed by atoms with E-state index in [0.29, 0.717) is 21.2 Å². The summed E-state index contributed by atoms with van der Waals surface area (Å²) >= 11 is 11.5. The molecule has 0 N–H and O–H groups in total. The summed E-state index contributed by atoms with van der Waals surface area (Å²) in [6, 6.07) is 3.29. The summed E-state index contributed by atoms with van der Waals surface area (Å²) in [5.41, 5.74) is 1.07. The Morgan fingerprint density at radius 3 is 2.25 bits per heavy atom. The van der Waals surface area contributed by atoms with Gasteiger partial charge in [-0.15, -0.1) is 12.8 Å². The largest absolute Gasteiger partial charge is 0.115 e. The molecule has 1 aromatic carbocycles. The van der Waals surface area contributed by atoms with Crippen LogP contribution in [0.4, 0.5) is 0 Å². The molecule has 0 aliphatic heterocycles. The zero-order valence-electron chi connectivity index (χ0n) is 6.07. The molecule has 0 saturated heterocycles. The van der Waals surface area contributed by atoms with E-state index in [4.69, 9.17) is 36.0 Å². The van der Waals surface area contributed by atoms with Crippen LogP contribution in [-0.4, -0.2) is 0 Å². The molecule has 2 heteroatoms. The second-order valence-electron chi connectivity index (χ2n) is 2.07. The van der Waals surface area contributed by atoms with E-state index in [-0.39, 0.29) is 0 Å². The van der Waals surface area contributed by atoms with E-state index in [9.17, 15) is 0 Å². The van der Waals surface area contributed by atoms with E-state index in [1.54, 1.807) is 12.1 Å². The van der Waals surface area contributed by atoms with Gasteiger partial charge < -0.3 is 0 Å². The number of rotatable bonds is 0. The fraction of sp³-hybridized carbons (Fsp3) is 0. The Morgan fingerprint density at radius 2 is 1.75 bits per heavy atom. The summed E-state index contributed by atoms with van der Waals surface area (Å²) < 4.78 is 0. The van der Waals surface area contributed by atoms with Crippen molar-refractivity contribution in [3.8, 4) is 24.7 Å². The van der Waals surface area contributed by atoms with E-state index in [2.05, 4.69) is 11.8 Å². The lowest BCUT2D eigenvalue weighted by atomic mass is 10.1. The fourth-order valence-electron chi connectivity index (χ4n) is 0.812. The predicted octanol–water partition coefficient (Wildman–Crippen LogP) is 2.96. The van der Waals surface area contributed by atoms with Gasteiger partial charge in [0, 0.05) is 5.56 Å². The molecule has 0 spiro atoms. The topological polar surface area (TPSA) is 0 Å². The molecule has 0 heterocycles. The average molecular weight is 195 g/mol. The van der Waals surface area contributed by atoms with Crippen molar-refractivity contribution in [2.75, 3.05) is 0 Å². The number of terminal acetylenes is 2. The molecule has 1 aromatic rings. The van der Waals surface area contributed by atoms with Crippen molar-refractivity contribution in [3.05, 3.63) is 33.3 Å². The molecule has 0 aromatic heterocycles. The maximum absolute atomic E-state index is 5.81. The van der Waals surface area contributed by atoms with Crippen molar-refractivity contribution < 1.29 is 0 Å². The van der Waals surface area contributed by atoms with Crippen LogP contribution in [0, 0.1) is 24.7 Å². The lowest BCUT2D eigenvalue weighted by molar-refractivity contribution is 1.59. The molecule has 0 fully saturated rings. The van der Waals surface area contributed by atoms with E-state index in [1.165, 1.54) is 0 Å². The van der Waals surface area contributed by atoms with E-state index >= 15 is 0 Å². The maximum atomic E-state index is 5.81.